The third-order valence-electron chi connectivity index (χ3n) is 12.1. The Morgan fingerprint density at radius 3 is 1.65 bits per heavy atom. The van der Waals surface area contributed by atoms with Gasteiger partial charge in [-0.3, -0.25) is 14.6 Å². The van der Waals surface area contributed by atoms with Crippen LogP contribution in [0.3, 0.4) is 0 Å². The van der Waals surface area contributed by atoms with E-state index in [0.717, 1.165) is 25.3 Å². The summed E-state index contributed by atoms with van der Waals surface area (Å²) in [4.78, 5) is 40.3. The summed E-state index contributed by atoms with van der Waals surface area (Å²) in [5, 5.41) is 2.81. The van der Waals surface area contributed by atoms with Crippen molar-refractivity contribution in [2.75, 3.05) is 12.3 Å². The zero-order valence-corrected chi connectivity index (χ0v) is 37.0. The van der Waals surface area contributed by atoms with Gasteiger partial charge in [-0.2, -0.15) is 4.98 Å². The molecule has 0 saturated heterocycles. The van der Waals surface area contributed by atoms with Gasteiger partial charge in [0.2, 0.25) is 5.95 Å². The van der Waals surface area contributed by atoms with Crippen LogP contribution in [-0.4, -0.2) is 40.6 Å². The summed E-state index contributed by atoms with van der Waals surface area (Å²) in [5.41, 5.74) is 6.09. The lowest BCUT2D eigenvalue weighted by atomic mass is 10.0. The predicted octanol–water partition coefficient (Wildman–Crippen LogP) is 11.2. The molecule has 0 aliphatic carbocycles. The number of imidazole rings is 1. The van der Waals surface area contributed by atoms with E-state index in [1.165, 1.54) is 120 Å². The van der Waals surface area contributed by atoms with Crippen molar-refractivity contribution < 1.29 is 9.53 Å². The highest BCUT2D eigenvalue weighted by molar-refractivity contribution is 7.04. The number of nitrogens with one attached hydrogen (secondary N) is 2. The van der Waals surface area contributed by atoms with Gasteiger partial charge in [0.15, 0.2) is 11.2 Å². The third kappa shape index (κ3) is 15.2. The second-order valence-electron chi connectivity index (χ2n) is 17.6. The van der Waals surface area contributed by atoms with Gasteiger partial charge >= 0.3 is 5.97 Å². The largest absolute Gasteiger partial charge is 0.465 e. The minimum Gasteiger partial charge on any atom is -0.465 e. The normalized spacial score (nSPS) is 12.6. The maximum absolute atomic E-state index is 13.1. The number of nitrogens with zero attached hydrogens (tertiary/aromatic N) is 2. The number of esters is 1. The number of fused-ring (bicyclic) bond motifs is 1. The van der Waals surface area contributed by atoms with Gasteiger partial charge in [-0.05, 0) is 29.8 Å². The Kier molecular flexibility index (Phi) is 20.1. The minimum absolute atomic E-state index is 0.00213. The summed E-state index contributed by atoms with van der Waals surface area (Å²) in [6, 6.07) is 22.9. The topological polar surface area (TPSA) is 127 Å². The first-order valence-electron chi connectivity index (χ1n) is 22.6. The van der Waals surface area contributed by atoms with Gasteiger partial charge in [-0.15, -0.1) is 0 Å². The zero-order chi connectivity index (χ0) is 40.8. The second-order valence-corrected chi connectivity index (χ2v) is 22.6. The lowest BCUT2D eigenvalue weighted by Gasteiger charge is -2.45. The van der Waals surface area contributed by atoms with Crippen LogP contribution < -0.4 is 21.7 Å². The lowest BCUT2D eigenvalue weighted by Crippen LogP contribution is -2.64. The monoisotopic (exact) mass is 798 g/mol. The summed E-state index contributed by atoms with van der Waals surface area (Å²) < 4.78 is 6.02. The molecule has 1 unspecified atom stereocenters. The molecule has 0 bridgehead atoms. The van der Waals surface area contributed by atoms with Crippen molar-refractivity contribution >= 4 is 41.5 Å². The first kappa shape index (κ1) is 46.0. The molecule has 0 saturated carbocycles. The molecule has 57 heavy (non-hydrogen) atoms. The molecule has 4 N–H and O–H groups in total. The predicted molar refractivity (Wildman–Crippen MR) is 242 cm³/mol. The molecule has 0 aliphatic rings. The van der Waals surface area contributed by atoms with Crippen molar-refractivity contribution in [2.24, 2.45) is 5.92 Å². The molecule has 2 aromatic heterocycles. The lowest BCUT2D eigenvalue weighted by molar-refractivity contribution is -0.145. The fourth-order valence-electron chi connectivity index (χ4n) is 8.78. The number of benzene rings is 2. The Hall–Kier alpha value is -3.72. The number of ether oxygens (including phenoxy) is 1. The van der Waals surface area contributed by atoms with Crippen molar-refractivity contribution in [3.05, 3.63) is 76.8 Å². The summed E-state index contributed by atoms with van der Waals surface area (Å²) in [6.07, 6.45) is 27.0. The fraction of sp³-hybridized carbons (Fsp3) is 0.625. The van der Waals surface area contributed by atoms with Crippen LogP contribution in [0.2, 0.25) is 11.1 Å². The average molecular weight is 798 g/mol. The summed E-state index contributed by atoms with van der Waals surface area (Å²) in [6.45, 7) is 9.70. The molecule has 2 aromatic carbocycles. The Morgan fingerprint density at radius 2 is 1.18 bits per heavy atom. The van der Waals surface area contributed by atoms with Crippen LogP contribution in [0.1, 0.15) is 168 Å². The number of hydrogen-bond acceptors (Lipinski definition) is 6. The van der Waals surface area contributed by atoms with E-state index in [1.807, 2.05) is 0 Å². The van der Waals surface area contributed by atoms with E-state index < -0.39 is 8.07 Å². The van der Waals surface area contributed by atoms with Crippen molar-refractivity contribution in [3.8, 4) is 0 Å². The van der Waals surface area contributed by atoms with Crippen LogP contribution in [0, 0.1) is 5.92 Å². The van der Waals surface area contributed by atoms with Gasteiger partial charge in [0.05, 0.1) is 6.61 Å². The quantitative estimate of drug-likeness (QED) is 0.0285. The molecule has 0 spiro atoms. The molecule has 0 fully saturated rings. The molecular formula is C48H75N5O3Si. The number of carbonyl (C=O) groups is 1. The molecule has 4 rings (SSSR count). The maximum Gasteiger partial charge on any atom is 0.305 e. The summed E-state index contributed by atoms with van der Waals surface area (Å²) in [5.74, 6) is 0.555. The van der Waals surface area contributed by atoms with E-state index in [4.69, 9.17) is 10.5 Å². The number of carbonyl (C=O) groups excluding carboxylic acids is 1. The minimum atomic E-state index is -2.35. The summed E-state index contributed by atoms with van der Waals surface area (Å²) in [7, 11) is -2.35. The molecule has 4 aromatic rings. The number of aromatic nitrogens is 4. The number of H-pyrrole nitrogens is 2. The van der Waals surface area contributed by atoms with Gasteiger partial charge < -0.3 is 15.5 Å². The molecule has 314 valence electrons. The summed E-state index contributed by atoms with van der Waals surface area (Å²) >= 11 is 0. The molecule has 8 nitrogen and oxygen atoms in total. The van der Waals surface area contributed by atoms with Crippen LogP contribution in [0.25, 0.3) is 11.2 Å². The number of rotatable bonds is 29. The van der Waals surface area contributed by atoms with E-state index in [-0.39, 0.29) is 28.4 Å². The van der Waals surface area contributed by atoms with Crippen LogP contribution >= 0.6 is 0 Å². The van der Waals surface area contributed by atoms with Gasteiger partial charge in [0.25, 0.3) is 5.56 Å². The highest BCUT2D eigenvalue weighted by atomic mass is 28.3. The zero-order valence-electron chi connectivity index (χ0n) is 36.0. The smallest absolute Gasteiger partial charge is 0.305 e. The van der Waals surface area contributed by atoms with Crippen LogP contribution in [0.5, 0.6) is 0 Å². The standard InChI is InChI=1S/C48H75N5O3Si/c1-5-6-7-8-9-10-11-12-13-14-15-16-17-18-19-20-21-22-29-34-43(54)56-38-39(37-42-50-44-45(51-42)52-47(49)53-46(44)55)35-36-57(48(2,3)4,40-30-25-23-26-31-40)41-32-27-24-28-33-41/h23-28,30-33,39H,5-22,29,34-38H2,1-4H3,(H4,49,50,51,52,53,55). The van der Waals surface area contributed by atoms with E-state index in [0.29, 0.717) is 36.4 Å². The van der Waals surface area contributed by atoms with E-state index in [9.17, 15) is 9.59 Å². The highest BCUT2D eigenvalue weighted by Gasteiger charge is 2.47. The fourth-order valence-corrected chi connectivity index (χ4v) is 14.5. The number of aromatic amines is 2. The van der Waals surface area contributed by atoms with Crippen molar-refractivity contribution in [2.45, 2.75) is 180 Å². The van der Waals surface area contributed by atoms with Crippen molar-refractivity contribution in [1.82, 2.24) is 19.9 Å². The molecular weight excluding hydrogens is 723 g/mol. The molecule has 0 aliphatic heterocycles. The number of nitrogen functional groups attached to an aromatic ring is 1. The molecule has 9 heteroatoms. The number of nitrogens with two attached hydrogens (primary N) is 1. The molecule has 0 amide bonds. The first-order chi connectivity index (χ1) is 27.6. The van der Waals surface area contributed by atoms with Crippen LogP contribution in [0.15, 0.2) is 65.5 Å². The Labute approximate surface area is 345 Å². The maximum atomic E-state index is 13.1. The number of anilines is 1. The third-order valence-corrected chi connectivity index (χ3v) is 18.4. The molecule has 2 heterocycles. The van der Waals surface area contributed by atoms with Crippen molar-refractivity contribution in [3.63, 3.8) is 0 Å². The first-order valence-corrected chi connectivity index (χ1v) is 24.9. The Bertz CT molecular complexity index is 1710. The highest BCUT2D eigenvalue weighted by Crippen LogP contribution is 2.40. The molecule has 1 atom stereocenters. The number of unbranched alkanes of at least 4 members (excludes halogenated alkanes) is 18. The van der Waals surface area contributed by atoms with Crippen LogP contribution in [-0.2, 0) is 16.0 Å². The van der Waals surface area contributed by atoms with Gasteiger partial charge in [0, 0.05) is 12.8 Å². The average Bonchev–Trinajstić information content (AvgIpc) is 3.61. The second kappa shape index (κ2) is 24.9. The van der Waals surface area contributed by atoms with E-state index in [2.05, 4.69) is 108 Å². The van der Waals surface area contributed by atoms with Gasteiger partial charge in [-0.1, -0.05) is 214 Å². The van der Waals surface area contributed by atoms with E-state index >= 15 is 0 Å². The number of hydrogen-bond donors (Lipinski definition) is 3. The van der Waals surface area contributed by atoms with E-state index in [1.54, 1.807) is 0 Å². The Balaban J connectivity index is 1.23. The van der Waals surface area contributed by atoms with Crippen LogP contribution in [0.4, 0.5) is 5.95 Å². The molecule has 0 radical (unpaired) electrons. The van der Waals surface area contributed by atoms with Gasteiger partial charge in [0.1, 0.15) is 13.9 Å². The van der Waals surface area contributed by atoms with Gasteiger partial charge in [-0.25, -0.2) is 4.98 Å². The Morgan fingerprint density at radius 1 is 0.702 bits per heavy atom. The van der Waals surface area contributed by atoms with Crippen molar-refractivity contribution in [1.29, 1.82) is 0 Å². The SMILES string of the molecule is CCCCCCCCCCCCCCCCCCCCCC(=O)OCC(CC[Si](c1ccccc1)(c1ccccc1)C(C)(C)C)Cc1nc2nc(N)[nH]c(=O)c2[nH]1.